The van der Waals surface area contributed by atoms with E-state index in [4.69, 9.17) is 11.6 Å². The van der Waals surface area contributed by atoms with Gasteiger partial charge in [-0.2, -0.15) is 0 Å². The minimum Gasteiger partial charge on any atom is -0.507 e. The highest BCUT2D eigenvalue weighted by Crippen LogP contribution is 2.26. The second-order valence-electron chi connectivity index (χ2n) is 3.30. The molecule has 0 aliphatic heterocycles. The zero-order valence-corrected chi connectivity index (χ0v) is 8.60. The molecular formula is C10H10ClFO2. The van der Waals surface area contributed by atoms with Crippen molar-refractivity contribution in [2.24, 2.45) is 5.92 Å². The van der Waals surface area contributed by atoms with Gasteiger partial charge in [0.05, 0.1) is 10.6 Å². The third-order valence-electron chi connectivity index (χ3n) is 1.83. The fraction of sp³-hybridized carbons (Fsp3) is 0.300. The number of Topliss-reactive ketones (excluding diaryl/α,β-unsaturated/α-hetero) is 1. The van der Waals surface area contributed by atoms with Crippen molar-refractivity contribution in [3.8, 4) is 5.75 Å². The highest BCUT2D eigenvalue weighted by molar-refractivity contribution is 6.31. The topological polar surface area (TPSA) is 37.3 Å². The van der Waals surface area contributed by atoms with Crippen LogP contribution in [0, 0.1) is 11.7 Å². The molecule has 2 nitrogen and oxygen atoms in total. The maximum absolute atomic E-state index is 13.0. The number of rotatable bonds is 2. The van der Waals surface area contributed by atoms with Gasteiger partial charge in [-0.15, -0.1) is 0 Å². The Hall–Kier alpha value is -1.09. The summed E-state index contributed by atoms with van der Waals surface area (Å²) in [4.78, 5) is 11.5. The quantitative estimate of drug-likeness (QED) is 0.772. The van der Waals surface area contributed by atoms with E-state index in [1.165, 1.54) is 0 Å². The van der Waals surface area contributed by atoms with Crippen LogP contribution in [0.3, 0.4) is 0 Å². The van der Waals surface area contributed by atoms with Crippen LogP contribution < -0.4 is 0 Å². The lowest BCUT2D eigenvalue weighted by atomic mass is 10.0. The molecule has 4 heteroatoms. The van der Waals surface area contributed by atoms with E-state index in [1.54, 1.807) is 13.8 Å². The summed E-state index contributed by atoms with van der Waals surface area (Å²) in [5.41, 5.74) is -0.0260. The summed E-state index contributed by atoms with van der Waals surface area (Å²) in [5.74, 6) is -1.58. The van der Waals surface area contributed by atoms with E-state index in [-0.39, 0.29) is 28.0 Å². The zero-order valence-electron chi connectivity index (χ0n) is 7.84. The smallest absolute Gasteiger partial charge is 0.169 e. The van der Waals surface area contributed by atoms with Gasteiger partial charge in [-0.1, -0.05) is 25.4 Å². The van der Waals surface area contributed by atoms with E-state index < -0.39 is 5.82 Å². The molecule has 0 aliphatic carbocycles. The number of aromatic hydroxyl groups is 1. The van der Waals surface area contributed by atoms with E-state index in [9.17, 15) is 14.3 Å². The molecule has 0 heterocycles. The van der Waals surface area contributed by atoms with Crippen molar-refractivity contribution >= 4 is 17.4 Å². The Labute approximate surface area is 86.3 Å². The maximum atomic E-state index is 13.0. The molecular weight excluding hydrogens is 207 g/mol. The number of hydrogen-bond donors (Lipinski definition) is 1. The summed E-state index contributed by atoms with van der Waals surface area (Å²) < 4.78 is 13.0. The second kappa shape index (κ2) is 3.96. The lowest BCUT2D eigenvalue weighted by Gasteiger charge is -2.07. The molecule has 0 aromatic heterocycles. The molecule has 0 spiro atoms. The van der Waals surface area contributed by atoms with Gasteiger partial charge in [0.15, 0.2) is 5.78 Å². The molecule has 0 unspecified atom stereocenters. The summed E-state index contributed by atoms with van der Waals surface area (Å²) in [6.45, 7) is 3.35. The van der Waals surface area contributed by atoms with E-state index in [2.05, 4.69) is 0 Å². The molecule has 0 saturated carbocycles. The molecule has 0 aliphatic rings. The summed E-state index contributed by atoms with van der Waals surface area (Å²) in [5, 5.41) is 9.17. The Bertz CT molecular complexity index is 375. The minimum absolute atomic E-state index is 0.0260. The molecule has 0 saturated heterocycles. The number of phenolic OH excluding ortho intramolecular Hbond substituents is 1. The van der Waals surface area contributed by atoms with Gasteiger partial charge in [0, 0.05) is 12.0 Å². The highest BCUT2D eigenvalue weighted by Gasteiger charge is 2.17. The second-order valence-corrected chi connectivity index (χ2v) is 3.71. The van der Waals surface area contributed by atoms with Crippen LogP contribution in [0.1, 0.15) is 24.2 Å². The van der Waals surface area contributed by atoms with Crippen molar-refractivity contribution in [1.29, 1.82) is 0 Å². The third-order valence-corrected chi connectivity index (χ3v) is 2.12. The van der Waals surface area contributed by atoms with Gasteiger partial charge in [-0.05, 0) is 6.07 Å². The Morgan fingerprint density at radius 3 is 2.57 bits per heavy atom. The van der Waals surface area contributed by atoms with Gasteiger partial charge < -0.3 is 5.11 Å². The highest BCUT2D eigenvalue weighted by atomic mass is 35.5. The number of halogens is 2. The van der Waals surface area contributed by atoms with Crippen LogP contribution in [0.25, 0.3) is 0 Å². The Morgan fingerprint density at radius 1 is 1.50 bits per heavy atom. The normalized spacial score (nSPS) is 10.6. The standard InChI is InChI=1S/C10H10ClFO2/c1-5(2)10(14)6-3-8(12)7(11)4-9(6)13/h3-5,13H,1-2H3. The third kappa shape index (κ3) is 2.04. The number of carbonyl (C=O) groups is 1. The first-order valence-corrected chi connectivity index (χ1v) is 4.53. The number of carbonyl (C=O) groups excluding carboxylic acids is 1. The van der Waals surface area contributed by atoms with Crippen LogP contribution in [0.15, 0.2) is 12.1 Å². The number of phenols is 1. The predicted octanol–water partition coefficient (Wildman–Crippen LogP) is 3.02. The van der Waals surface area contributed by atoms with E-state index in [0.29, 0.717) is 0 Å². The van der Waals surface area contributed by atoms with Crippen LogP contribution in [0.4, 0.5) is 4.39 Å². The first kappa shape index (κ1) is 11.0. The summed E-state index contributed by atoms with van der Waals surface area (Å²) in [7, 11) is 0. The SMILES string of the molecule is CC(C)C(=O)c1cc(F)c(Cl)cc1O. The van der Waals surface area contributed by atoms with Crippen molar-refractivity contribution in [2.75, 3.05) is 0 Å². The molecule has 0 amide bonds. The van der Waals surface area contributed by atoms with Crippen LogP contribution in [-0.4, -0.2) is 10.9 Å². The predicted molar refractivity (Wildman–Crippen MR) is 52.2 cm³/mol. The zero-order chi connectivity index (χ0) is 10.9. The lowest BCUT2D eigenvalue weighted by molar-refractivity contribution is 0.0936. The summed E-state index contributed by atoms with van der Waals surface area (Å²) in [6.07, 6.45) is 0. The summed E-state index contributed by atoms with van der Waals surface area (Å²) >= 11 is 5.42. The fourth-order valence-corrected chi connectivity index (χ4v) is 1.20. The van der Waals surface area contributed by atoms with Gasteiger partial charge >= 0.3 is 0 Å². The van der Waals surface area contributed by atoms with Crippen LogP contribution in [-0.2, 0) is 0 Å². The number of benzene rings is 1. The molecule has 1 aromatic rings. The van der Waals surface area contributed by atoms with Crippen LogP contribution in [0.2, 0.25) is 5.02 Å². The molecule has 1 N–H and O–H groups in total. The van der Waals surface area contributed by atoms with Gasteiger partial charge in [-0.3, -0.25) is 4.79 Å². The molecule has 0 bridgehead atoms. The van der Waals surface area contributed by atoms with Crippen molar-refractivity contribution < 1.29 is 14.3 Å². The van der Waals surface area contributed by atoms with Crippen molar-refractivity contribution in [3.63, 3.8) is 0 Å². The van der Waals surface area contributed by atoms with Crippen molar-refractivity contribution in [3.05, 3.63) is 28.5 Å². The lowest BCUT2D eigenvalue weighted by Crippen LogP contribution is -2.08. The molecule has 76 valence electrons. The van der Waals surface area contributed by atoms with Crippen LogP contribution >= 0.6 is 11.6 Å². The summed E-state index contributed by atoms with van der Waals surface area (Å²) in [6, 6.07) is 1.99. The van der Waals surface area contributed by atoms with E-state index in [0.717, 1.165) is 12.1 Å². The fourth-order valence-electron chi connectivity index (χ4n) is 1.04. The largest absolute Gasteiger partial charge is 0.507 e. The maximum Gasteiger partial charge on any atom is 0.169 e. The monoisotopic (exact) mass is 216 g/mol. The Morgan fingerprint density at radius 2 is 2.07 bits per heavy atom. The number of hydrogen-bond acceptors (Lipinski definition) is 2. The first-order valence-electron chi connectivity index (χ1n) is 4.15. The van der Waals surface area contributed by atoms with Gasteiger partial charge in [0.1, 0.15) is 11.6 Å². The van der Waals surface area contributed by atoms with E-state index >= 15 is 0 Å². The van der Waals surface area contributed by atoms with Gasteiger partial charge in [0.2, 0.25) is 0 Å². The average Bonchev–Trinajstić information content (AvgIpc) is 2.10. The minimum atomic E-state index is -0.700. The molecule has 0 atom stereocenters. The van der Waals surface area contributed by atoms with E-state index in [1.807, 2.05) is 0 Å². The Balaban J connectivity index is 3.22. The molecule has 14 heavy (non-hydrogen) atoms. The van der Waals surface area contributed by atoms with Gasteiger partial charge in [-0.25, -0.2) is 4.39 Å². The van der Waals surface area contributed by atoms with Crippen LogP contribution in [0.5, 0.6) is 5.75 Å². The average molecular weight is 217 g/mol. The Kier molecular flexibility index (Phi) is 3.11. The number of ketones is 1. The first-order chi connectivity index (χ1) is 6.43. The molecule has 0 fully saturated rings. The molecule has 1 aromatic carbocycles. The van der Waals surface area contributed by atoms with Crippen molar-refractivity contribution in [1.82, 2.24) is 0 Å². The molecule has 0 radical (unpaired) electrons. The molecule has 1 rings (SSSR count). The van der Waals surface area contributed by atoms with Gasteiger partial charge in [0.25, 0.3) is 0 Å². The van der Waals surface area contributed by atoms with Crippen molar-refractivity contribution in [2.45, 2.75) is 13.8 Å².